The SMILES string of the molecule is CCCCOCCCC.OB(O)O.OCCOCCOCCO. The molecule has 0 saturated carbocycles. The first-order valence-corrected chi connectivity index (χ1v) is 8.05. The maximum atomic E-state index is 8.26. The van der Waals surface area contributed by atoms with Crippen LogP contribution in [0.1, 0.15) is 39.5 Å². The van der Waals surface area contributed by atoms with Crippen molar-refractivity contribution in [2.24, 2.45) is 0 Å². The van der Waals surface area contributed by atoms with E-state index in [-0.39, 0.29) is 13.2 Å². The molecule has 5 N–H and O–H groups in total. The quantitative estimate of drug-likeness (QED) is 0.225. The predicted molar refractivity (Wildman–Crippen MR) is 88.9 cm³/mol. The molecule has 0 spiro atoms. The number of ether oxygens (including phenoxy) is 3. The third kappa shape index (κ3) is 52.2. The third-order valence-electron chi connectivity index (χ3n) is 2.13. The molecular weight excluding hydrogens is 307 g/mol. The molecule has 0 radical (unpaired) electrons. The van der Waals surface area contributed by atoms with Crippen molar-refractivity contribution < 1.29 is 39.5 Å². The van der Waals surface area contributed by atoms with E-state index in [1.165, 1.54) is 25.7 Å². The highest BCUT2D eigenvalue weighted by Crippen LogP contribution is 1.91. The Balaban J connectivity index is -0.000000284. The summed E-state index contributed by atoms with van der Waals surface area (Å²) in [5.41, 5.74) is 0. The molecule has 0 amide bonds. The van der Waals surface area contributed by atoms with Crippen molar-refractivity contribution in [2.75, 3.05) is 52.9 Å². The maximum absolute atomic E-state index is 8.26. The Kier molecular flexibility index (Phi) is 35.6. The highest BCUT2D eigenvalue weighted by atomic mass is 16.5. The first-order chi connectivity index (χ1) is 11.1. The van der Waals surface area contributed by atoms with Crippen molar-refractivity contribution >= 4 is 7.32 Å². The molecule has 0 aliphatic heterocycles. The Bertz CT molecular complexity index is 158. The van der Waals surface area contributed by atoms with Gasteiger partial charge in [-0.3, -0.25) is 0 Å². The monoisotopic (exact) mass is 342 g/mol. The van der Waals surface area contributed by atoms with E-state index in [1.54, 1.807) is 0 Å². The summed E-state index contributed by atoms with van der Waals surface area (Å²) in [6, 6.07) is 0. The topological polar surface area (TPSA) is 129 Å². The van der Waals surface area contributed by atoms with Crippen LogP contribution in [-0.2, 0) is 14.2 Å². The van der Waals surface area contributed by atoms with Crippen molar-refractivity contribution in [1.82, 2.24) is 0 Å². The number of aliphatic hydroxyl groups excluding tert-OH is 2. The number of aliphatic hydroxyl groups is 2. The fourth-order valence-corrected chi connectivity index (χ4v) is 1.05. The zero-order chi connectivity index (χ0) is 18.2. The molecule has 0 aromatic carbocycles. The summed E-state index contributed by atoms with van der Waals surface area (Å²) >= 11 is 0. The van der Waals surface area contributed by atoms with Crippen molar-refractivity contribution in [3.8, 4) is 0 Å². The fraction of sp³-hybridized carbons (Fsp3) is 1.00. The molecule has 0 aromatic rings. The zero-order valence-electron chi connectivity index (χ0n) is 14.5. The van der Waals surface area contributed by atoms with Crippen LogP contribution in [0.3, 0.4) is 0 Å². The van der Waals surface area contributed by atoms with Gasteiger partial charge in [-0.1, -0.05) is 26.7 Å². The lowest BCUT2D eigenvalue weighted by Crippen LogP contribution is -2.09. The van der Waals surface area contributed by atoms with Gasteiger partial charge in [-0.05, 0) is 12.8 Å². The fourth-order valence-electron chi connectivity index (χ4n) is 1.05. The molecule has 0 aliphatic rings. The Morgan fingerprint density at radius 3 is 1.17 bits per heavy atom. The van der Waals surface area contributed by atoms with Crippen molar-refractivity contribution in [3.63, 3.8) is 0 Å². The molecule has 0 aliphatic carbocycles. The summed E-state index contributed by atoms with van der Waals surface area (Å²) in [5.74, 6) is 0. The molecule has 0 saturated heterocycles. The summed E-state index contributed by atoms with van der Waals surface area (Å²) in [4.78, 5) is 0. The van der Waals surface area contributed by atoms with E-state index in [4.69, 9.17) is 39.5 Å². The minimum absolute atomic E-state index is 0.0417. The molecule has 0 bridgehead atoms. The summed E-state index contributed by atoms with van der Waals surface area (Å²) in [5, 5.41) is 38.0. The van der Waals surface area contributed by atoms with Gasteiger partial charge in [0.05, 0.1) is 39.6 Å². The minimum Gasteiger partial charge on any atom is -0.402 e. The molecule has 0 unspecified atom stereocenters. The Morgan fingerprint density at radius 1 is 0.609 bits per heavy atom. The molecule has 0 fully saturated rings. The number of hydrogen-bond acceptors (Lipinski definition) is 8. The van der Waals surface area contributed by atoms with Gasteiger partial charge in [0.15, 0.2) is 0 Å². The Labute approximate surface area is 140 Å². The number of unbranched alkanes of at least 4 members (excludes halogenated alkanes) is 2. The Hall–Kier alpha value is -0.255. The molecular formula is C14H35BO8. The van der Waals surface area contributed by atoms with Crippen molar-refractivity contribution in [3.05, 3.63) is 0 Å². The maximum Gasteiger partial charge on any atom is 0.631 e. The van der Waals surface area contributed by atoms with Crippen LogP contribution in [0, 0.1) is 0 Å². The van der Waals surface area contributed by atoms with Crippen LogP contribution in [0.4, 0.5) is 0 Å². The molecule has 0 heterocycles. The van der Waals surface area contributed by atoms with E-state index in [2.05, 4.69) is 13.8 Å². The van der Waals surface area contributed by atoms with Crippen LogP contribution in [0.15, 0.2) is 0 Å². The molecule has 0 atom stereocenters. The summed E-state index contributed by atoms with van der Waals surface area (Å²) in [6.07, 6.45) is 4.91. The lowest BCUT2D eigenvalue weighted by Gasteiger charge is -2.01. The van der Waals surface area contributed by atoms with Gasteiger partial charge in [0.2, 0.25) is 0 Å². The molecule has 0 aromatic heterocycles. The first-order valence-electron chi connectivity index (χ1n) is 8.05. The second-order valence-electron chi connectivity index (χ2n) is 4.34. The standard InChI is InChI=1S/C8H18O.C6H14O4.BH3O3/c1-3-5-7-9-8-6-4-2;7-1-3-9-5-6-10-4-2-8;2-1(3)4/h3-8H2,1-2H3;7-8H,1-6H2;2-4H. The van der Waals surface area contributed by atoms with Gasteiger partial charge >= 0.3 is 7.32 Å². The third-order valence-corrected chi connectivity index (χ3v) is 2.13. The normalized spacial score (nSPS) is 9.52. The van der Waals surface area contributed by atoms with Gasteiger partial charge < -0.3 is 39.5 Å². The smallest absolute Gasteiger partial charge is 0.402 e. The molecule has 142 valence electrons. The average molecular weight is 342 g/mol. The highest BCUT2D eigenvalue weighted by Gasteiger charge is 1.92. The largest absolute Gasteiger partial charge is 0.631 e. The molecule has 8 nitrogen and oxygen atoms in total. The van der Waals surface area contributed by atoms with E-state index < -0.39 is 7.32 Å². The number of rotatable bonds is 13. The average Bonchev–Trinajstić information content (AvgIpc) is 2.51. The predicted octanol–water partition coefficient (Wildman–Crippen LogP) is -0.444. The van der Waals surface area contributed by atoms with Crippen molar-refractivity contribution in [1.29, 1.82) is 0 Å². The molecule has 23 heavy (non-hydrogen) atoms. The van der Waals surface area contributed by atoms with E-state index in [1.807, 2.05) is 0 Å². The minimum atomic E-state index is -2.17. The van der Waals surface area contributed by atoms with Gasteiger partial charge in [0.1, 0.15) is 0 Å². The van der Waals surface area contributed by atoms with Crippen LogP contribution in [0.25, 0.3) is 0 Å². The van der Waals surface area contributed by atoms with E-state index in [0.29, 0.717) is 26.4 Å². The molecule has 9 heteroatoms. The van der Waals surface area contributed by atoms with Gasteiger partial charge in [-0.25, -0.2) is 0 Å². The summed E-state index contributed by atoms with van der Waals surface area (Å²) in [6.45, 7) is 8.01. The molecule has 0 rings (SSSR count). The van der Waals surface area contributed by atoms with Crippen LogP contribution >= 0.6 is 0 Å². The van der Waals surface area contributed by atoms with Gasteiger partial charge in [-0.15, -0.1) is 0 Å². The summed E-state index contributed by atoms with van der Waals surface area (Å²) in [7, 11) is -2.17. The second-order valence-corrected chi connectivity index (χ2v) is 4.34. The lowest BCUT2D eigenvalue weighted by molar-refractivity contribution is 0.0222. The van der Waals surface area contributed by atoms with Gasteiger partial charge in [0, 0.05) is 13.2 Å². The second kappa shape index (κ2) is 29.7. The Morgan fingerprint density at radius 2 is 0.913 bits per heavy atom. The van der Waals surface area contributed by atoms with Crippen LogP contribution in [0.5, 0.6) is 0 Å². The first kappa shape index (κ1) is 27.6. The van der Waals surface area contributed by atoms with Crippen LogP contribution in [0.2, 0.25) is 0 Å². The van der Waals surface area contributed by atoms with E-state index in [9.17, 15) is 0 Å². The van der Waals surface area contributed by atoms with Gasteiger partial charge in [0.25, 0.3) is 0 Å². The highest BCUT2D eigenvalue weighted by molar-refractivity contribution is 6.30. The zero-order valence-corrected chi connectivity index (χ0v) is 14.5. The van der Waals surface area contributed by atoms with Crippen molar-refractivity contribution in [2.45, 2.75) is 39.5 Å². The van der Waals surface area contributed by atoms with Crippen LogP contribution in [-0.4, -0.2) is 85.5 Å². The lowest BCUT2D eigenvalue weighted by atomic mass is 10.3. The summed E-state index contributed by atoms with van der Waals surface area (Å²) < 4.78 is 15.1. The van der Waals surface area contributed by atoms with Crippen LogP contribution < -0.4 is 0 Å². The van der Waals surface area contributed by atoms with E-state index in [0.717, 1.165) is 13.2 Å². The van der Waals surface area contributed by atoms with E-state index >= 15 is 0 Å². The van der Waals surface area contributed by atoms with Gasteiger partial charge in [-0.2, -0.15) is 0 Å². The number of hydrogen-bond donors (Lipinski definition) is 5.